The predicted octanol–water partition coefficient (Wildman–Crippen LogP) is 5.52. The number of pyridine rings is 1. The topological polar surface area (TPSA) is 19.4 Å². The average molecular weight is 422 g/mol. The Morgan fingerprint density at radius 3 is 2.28 bits per heavy atom. The van der Waals surface area contributed by atoms with Crippen molar-refractivity contribution < 1.29 is 0 Å². The van der Waals surface area contributed by atoms with Gasteiger partial charge in [-0.1, -0.05) is 66.8 Å². The highest BCUT2D eigenvalue weighted by Crippen LogP contribution is 2.35. The molecule has 3 heteroatoms. The van der Waals surface area contributed by atoms with Crippen molar-refractivity contribution in [2.24, 2.45) is 0 Å². The molecule has 2 heterocycles. The zero-order valence-electron chi connectivity index (χ0n) is 19.1. The molecule has 5 rings (SSSR count). The van der Waals surface area contributed by atoms with E-state index in [0.717, 1.165) is 44.7 Å². The fourth-order valence-corrected chi connectivity index (χ4v) is 4.63. The van der Waals surface area contributed by atoms with Crippen LogP contribution in [-0.4, -0.2) is 48.0 Å². The summed E-state index contributed by atoms with van der Waals surface area (Å²) >= 11 is 0. The van der Waals surface area contributed by atoms with Gasteiger partial charge in [0.25, 0.3) is 0 Å². The van der Waals surface area contributed by atoms with Gasteiger partial charge in [0.1, 0.15) is 0 Å². The molecule has 162 valence electrons. The summed E-state index contributed by atoms with van der Waals surface area (Å²) in [6.45, 7) is 11.7. The van der Waals surface area contributed by atoms with Crippen LogP contribution >= 0.6 is 0 Å². The highest BCUT2D eigenvalue weighted by molar-refractivity contribution is 5.86. The van der Waals surface area contributed by atoms with E-state index in [1.54, 1.807) is 0 Å². The summed E-state index contributed by atoms with van der Waals surface area (Å²) < 4.78 is 0. The second-order valence-corrected chi connectivity index (χ2v) is 9.17. The zero-order chi connectivity index (χ0) is 22.1. The smallest absolute Gasteiger partial charge is 0.0520 e. The van der Waals surface area contributed by atoms with Crippen molar-refractivity contribution in [2.45, 2.75) is 19.9 Å². The molecule has 0 atom stereocenters. The van der Waals surface area contributed by atoms with Gasteiger partial charge in [-0.15, -0.1) is 0 Å². The average Bonchev–Trinajstić information content (AvgIpc) is 3.24. The quantitative estimate of drug-likeness (QED) is 0.541. The van der Waals surface area contributed by atoms with Crippen molar-refractivity contribution in [2.75, 3.05) is 33.2 Å². The van der Waals surface area contributed by atoms with Gasteiger partial charge in [-0.05, 0) is 47.9 Å². The van der Waals surface area contributed by atoms with Crippen molar-refractivity contribution in [3.63, 3.8) is 0 Å². The standard InChI is InChI=1S/C29H31N3/c1-21(2)23-8-10-25(11-9-23)27-12-13-29-28(27)18-26(19-30-29)24-6-4-22(5-7-24)20-32-16-14-31(3)15-17-32/h4-12,18-19H,1,13-17,20H2,2-3H3. The van der Waals surface area contributed by atoms with Crippen LogP contribution in [0.2, 0.25) is 0 Å². The van der Waals surface area contributed by atoms with E-state index in [4.69, 9.17) is 4.98 Å². The Morgan fingerprint density at radius 2 is 1.59 bits per heavy atom. The van der Waals surface area contributed by atoms with Crippen LogP contribution in [0.15, 0.2) is 73.4 Å². The van der Waals surface area contributed by atoms with Gasteiger partial charge in [0.05, 0.1) is 5.69 Å². The minimum absolute atomic E-state index is 0.900. The molecule has 3 aromatic rings. The van der Waals surface area contributed by atoms with E-state index >= 15 is 0 Å². The SMILES string of the molecule is C=C(C)c1ccc(C2=CCc3ncc(-c4ccc(CN5CCN(C)CC5)cc4)cc32)cc1. The maximum atomic E-state index is 4.80. The molecule has 0 N–H and O–H groups in total. The molecule has 3 nitrogen and oxygen atoms in total. The first-order chi connectivity index (χ1) is 15.6. The minimum atomic E-state index is 0.900. The molecule has 1 fully saturated rings. The van der Waals surface area contributed by atoms with Gasteiger partial charge in [-0.25, -0.2) is 0 Å². The van der Waals surface area contributed by atoms with Gasteiger partial charge in [-0.3, -0.25) is 9.88 Å². The molecule has 1 saturated heterocycles. The maximum absolute atomic E-state index is 4.80. The summed E-state index contributed by atoms with van der Waals surface area (Å²) in [5, 5.41) is 0. The Labute approximate surface area is 191 Å². The fraction of sp³-hybridized carbons (Fsp3) is 0.276. The van der Waals surface area contributed by atoms with Gasteiger partial charge < -0.3 is 4.90 Å². The molecule has 1 aliphatic heterocycles. The Morgan fingerprint density at radius 1 is 0.906 bits per heavy atom. The van der Waals surface area contributed by atoms with Crippen molar-refractivity contribution >= 4 is 11.1 Å². The van der Waals surface area contributed by atoms with Gasteiger partial charge in [-0.2, -0.15) is 0 Å². The number of likely N-dealkylation sites (N-methyl/N-ethyl adjacent to an activating group) is 1. The second-order valence-electron chi connectivity index (χ2n) is 9.17. The Hall–Kier alpha value is -3.01. The first-order valence-electron chi connectivity index (χ1n) is 11.5. The van der Waals surface area contributed by atoms with Crippen LogP contribution in [0.4, 0.5) is 0 Å². The largest absolute Gasteiger partial charge is 0.304 e. The van der Waals surface area contributed by atoms with Crippen LogP contribution in [0, 0.1) is 0 Å². The van der Waals surface area contributed by atoms with E-state index < -0.39 is 0 Å². The summed E-state index contributed by atoms with van der Waals surface area (Å²) in [5.41, 5.74) is 11.0. The number of piperazine rings is 1. The highest BCUT2D eigenvalue weighted by atomic mass is 15.2. The summed E-state index contributed by atoms with van der Waals surface area (Å²) in [4.78, 5) is 9.75. The third kappa shape index (κ3) is 4.32. The van der Waals surface area contributed by atoms with Crippen LogP contribution in [0.1, 0.15) is 34.9 Å². The van der Waals surface area contributed by atoms with Gasteiger partial charge in [0.15, 0.2) is 0 Å². The Balaban J connectivity index is 1.34. The number of nitrogens with zero attached hydrogens (tertiary/aromatic N) is 3. The van der Waals surface area contributed by atoms with E-state index in [9.17, 15) is 0 Å². The molecular formula is C29H31N3. The van der Waals surface area contributed by atoms with E-state index in [2.05, 4.69) is 84.1 Å². The van der Waals surface area contributed by atoms with Gasteiger partial charge in [0.2, 0.25) is 0 Å². The summed E-state index contributed by atoms with van der Waals surface area (Å²) in [6, 6.07) is 20.1. The maximum Gasteiger partial charge on any atom is 0.0520 e. The van der Waals surface area contributed by atoms with Crippen LogP contribution < -0.4 is 0 Å². The first kappa shape index (κ1) is 20.9. The van der Waals surface area contributed by atoms with E-state index in [0.29, 0.717) is 0 Å². The Kier molecular flexibility index (Phi) is 5.77. The molecule has 0 spiro atoms. The van der Waals surface area contributed by atoms with Crippen molar-refractivity contribution in [3.05, 3.63) is 101 Å². The molecule has 1 aromatic heterocycles. The van der Waals surface area contributed by atoms with Crippen molar-refractivity contribution in [3.8, 4) is 11.1 Å². The lowest BCUT2D eigenvalue weighted by molar-refractivity contribution is 0.148. The molecule has 0 radical (unpaired) electrons. The predicted molar refractivity (Wildman–Crippen MR) is 134 cm³/mol. The van der Waals surface area contributed by atoms with Crippen LogP contribution in [-0.2, 0) is 13.0 Å². The van der Waals surface area contributed by atoms with E-state index in [1.165, 1.54) is 44.6 Å². The third-order valence-electron chi connectivity index (χ3n) is 6.74. The summed E-state index contributed by atoms with van der Waals surface area (Å²) in [5.74, 6) is 0. The van der Waals surface area contributed by atoms with E-state index in [1.807, 2.05) is 13.1 Å². The van der Waals surface area contributed by atoms with Crippen molar-refractivity contribution in [1.82, 2.24) is 14.8 Å². The molecule has 1 aliphatic carbocycles. The zero-order valence-corrected chi connectivity index (χ0v) is 19.1. The van der Waals surface area contributed by atoms with Crippen LogP contribution in [0.5, 0.6) is 0 Å². The molecule has 0 bridgehead atoms. The minimum Gasteiger partial charge on any atom is -0.304 e. The van der Waals surface area contributed by atoms with Crippen LogP contribution in [0.25, 0.3) is 22.3 Å². The molecular weight excluding hydrogens is 390 g/mol. The highest BCUT2D eigenvalue weighted by Gasteiger charge is 2.18. The monoisotopic (exact) mass is 421 g/mol. The normalized spacial score (nSPS) is 16.6. The molecule has 32 heavy (non-hydrogen) atoms. The number of rotatable bonds is 5. The van der Waals surface area contributed by atoms with E-state index in [-0.39, 0.29) is 0 Å². The lowest BCUT2D eigenvalue weighted by atomic mass is 9.96. The van der Waals surface area contributed by atoms with Gasteiger partial charge >= 0.3 is 0 Å². The molecule has 0 unspecified atom stereocenters. The number of aromatic nitrogens is 1. The first-order valence-corrected chi connectivity index (χ1v) is 11.5. The second kappa shape index (κ2) is 8.85. The Bertz CT molecular complexity index is 1150. The lowest BCUT2D eigenvalue weighted by Gasteiger charge is -2.32. The number of benzene rings is 2. The molecule has 0 amide bonds. The van der Waals surface area contributed by atoms with Crippen LogP contribution in [0.3, 0.4) is 0 Å². The fourth-order valence-electron chi connectivity index (χ4n) is 4.63. The summed E-state index contributed by atoms with van der Waals surface area (Å²) in [6.07, 6.45) is 5.22. The van der Waals surface area contributed by atoms with Crippen molar-refractivity contribution in [1.29, 1.82) is 0 Å². The third-order valence-corrected chi connectivity index (χ3v) is 6.74. The van der Waals surface area contributed by atoms with Gasteiger partial charge in [0, 0.05) is 56.5 Å². The lowest BCUT2D eigenvalue weighted by Crippen LogP contribution is -2.43. The number of allylic oxidation sites excluding steroid dienone is 2. The number of fused-ring (bicyclic) bond motifs is 1. The number of hydrogen-bond acceptors (Lipinski definition) is 3. The molecule has 2 aromatic carbocycles. The molecule has 0 saturated carbocycles. The summed E-state index contributed by atoms with van der Waals surface area (Å²) in [7, 11) is 2.20. The number of hydrogen-bond donors (Lipinski definition) is 0. The molecule has 2 aliphatic rings.